The zero-order valence-electron chi connectivity index (χ0n) is 20.1. The van der Waals surface area contributed by atoms with Gasteiger partial charge in [-0.2, -0.15) is 0 Å². The fourth-order valence-electron chi connectivity index (χ4n) is 4.27. The highest BCUT2D eigenvalue weighted by Gasteiger charge is 2.18. The van der Waals surface area contributed by atoms with E-state index in [2.05, 4.69) is 75.1 Å². The smallest absolute Gasteiger partial charge is 0.208 e. The molecule has 0 saturated carbocycles. The molecule has 0 aromatic heterocycles. The number of rotatable bonds is 5. The fourth-order valence-corrected chi connectivity index (χ4v) is 4.27. The van der Waals surface area contributed by atoms with Crippen molar-refractivity contribution in [2.45, 2.75) is 26.1 Å². The molecule has 2 atom stereocenters. The summed E-state index contributed by atoms with van der Waals surface area (Å²) in [6, 6.07) is 23.0. The Morgan fingerprint density at radius 1 is 1.03 bits per heavy atom. The van der Waals surface area contributed by atoms with Crippen molar-refractivity contribution in [3.63, 3.8) is 0 Å². The molecule has 2 N–H and O–H groups in total. The molecule has 1 saturated heterocycles. The van der Waals surface area contributed by atoms with Crippen molar-refractivity contribution < 1.29 is 9.63 Å². The van der Waals surface area contributed by atoms with Crippen molar-refractivity contribution in [3.8, 4) is 0 Å². The largest absolute Gasteiger partial charge is 0.391 e. The van der Waals surface area contributed by atoms with Gasteiger partial charge < -0.3 is 20.0 Å². The predicted molar refractivity (Wildman–Crippen MR) is 138 cm³/mol. The first kappa shape index (κ1) is 23.7. The van der Waals surface area contributed by atoms with Crippen LogP contribution in [0.15, 0.2) is 71.7 Å². The number of hydroxylamine groups is 1. The van der Waals surface area contributed by atoms with Crippen LogP contribution in [-0.4, -0.2) is 50.4 Å². The number of carbonyl (C=O) groups is 1. The van der Waals surface area contributed by atoms with Crippen LogP contribution < -0.4 is 15.7 Å². The first-order valence-electron chi connectivity index (χ1n) is 11.7. The molecule has 0 spiro atoms. The quantitative estimate of drug-likeness (QED) is 0.564. The number of hydrogen-bond donors (Lipinski definition) is 2. The van der Waals surface area contributed by atoms with E-state index in [9.17, 15) is 4.79 Å². The number of fused-ring (bicyclic) bond motifs is 1. The number of anilines is 1. The molecule has 2 heterocycles. The van der Waals surface area contributed by atoms with E-state index in [0.29, 0.717) is 5.90 Å². The van der Waals surface area contributed by atoms with E-state index >= 15 is 0 Å². The molecule has 0 aliphatic carbocycles. The molecule has 1 fully saturated rings. The molecule has 0 bridgehead atoms. The van der Waals surface area contributed by atoms with E-state index in [1.54, 1.807) is 0 Å². The topological polar surface area (TPSA) is 69.2 Å². The third-order valence-corrected chi connectivity index (χ3v) is 6.31. The van der Waals surface area contributed by atoms with Crippen LogP contribution in [0.2, 0.25) is 0 Å². The van der Waals surface area contributed by atoms with E-state index in [1.165, 1.54) is 16.5 Å². The van der Waals surface area contributed by atoms with Gasteiger partial charge in [-0.05, 0) is 48.0 Å². The normalized spacial score (nSPS) is 19.0. The Bertz CT molecular complexity index is 1120. The highest BCUT2D eigenvalue weighted by atomic mass is 16.7. The SMILES string of the molecule is CC(NC=O)c1cccc2ccccc12.CC1=NC(c2ccc(N3CCN(C)CC3)cc2)NO1. The van der Waals surface area contributed by atoms with Gasteiger partial charge in [-0.25, -0.2) is 4.99 Å². The highest BCUT2D eigenvalue weighted by molar-refractivity contribution is 5.86. The molecule has 1 amide bonds. The molecule has 34 heavy (non-hydrogen) atoms. The van der Waals surface area contributed by atoms with E-state index in [4.69, 9.17) is 4.84 Å². The van der Waals surface area contributed by atoms with Crippen LogP contribution in [0, 0.1) is 0 Å². The predicted octanol–water partition coefficient (Wildman–Crippen LogP) is 4.04. The Labute approximate surface area is 201 Å². The summed E-state index contributed by atoms with van der Waals surface area (Å²) in [5.74, 6) is 0.688. The van der Waals surface area contributed by atoms with E-state index in [0.717, 1.165) is 43.7 Å². The Balaban J connectivity index is 0.000000166. The van der Waals surface area contributed by atoms with Crippen LogP contribution in [0.4, 0.5) is 5.69 Å². The van der Waals surface area contributed by atoms with Crippen LogP contribution in [0.3, 0.4) is 0 Å². The molecule has 7 heteroatoms. The maximum absolute atomic E-state index is 10.4. The Morgan fingerprint density at radius 2 is 1.74 bits per heavy atom. The third kappa shape index (κ3) is 5.73. The first-order valence-corrected chi connectivity index (χ1v) is 11.7. The standard InChI is InChI=1S/C14H20N4O.C13H13NO/c1-11-15-14(16-19-11)12-3-5-13(6-4-12)18-9-7-17(2)8-10-18;1-10(14-9-15)12-8-4-6-11-5-2-3-7-13(11)12/h3-6,14,16H,7-10H2,1-2H3;2-10H,1H3,(H,14,15). The molecule has 0 radical (unpaired) electrons. The Morgan fingerprint density at radius 3 is 2.41 bits per heavy atom. The van der Waals surface area contributed by atoms with Crippen molar-refractivity contribution >= 4 is 28.8 Å². The van der Waals surface area contributed by atoms with Crippen LogP contribution in [-0.2, 0) is 9.63 Å². The summed E-state index contributed by atoms with van der Waals surface area (Å²) >= 11 is 0. The Hall–Kier alpha value is -3.42. The third-order valence-electron chi connectivity index (χ3n) is 6.31. The summed E-state index contributed by atoms with van der Waals surface area (Å²) in [5.41, 5.74) is 6.48. The minimum absolute atomic E-state index is 0.0496. The molecule has 7 nitrogen and oxygen atoms in total. The summed E-state index contributed by atoms with van der Waals surface area (Å²) in [4.78, 5) is 24.7. The van der Waals surface area contributed by atoms with Gasteiger partial charge in [0.05, 0.1) is 6.04 Å². The number of piperazine rings is 1. The lowest BCUT2D eigenvalue weighted by Gasteiger charge is -2.34. The molecule has 178 valence electrons. The van der Waals surface area contributed by atoms with Crippen molar-refractivity contribution in [1.82, 2.24) is 15.7 Å². The minimum Gasteiger partial charge on any atom is -0.391 e. The highest BCUT2D eigenvalue weighted by Crippen LogP contribution is 2.24. The number of carbonyl (C=O) groups excluding carboxylic acids is 1. The second-order valence-corrected chi connectivity index (χ2v) is 8.73. The molecule has 3 aromatic carbocycles. The number of amides is 1. The maximum atomic E-state index is 10.4. The van der Waals surface area contributed by atoms with Gasteiger partial charge in [-0.15, -0.1) is 5.48 Å². The monoisotopic (exact) mass is 459 g/mol. The molecule has 3 aromatic rings. The number of nitrogens with one attached hydrogen (secondary N) is 2. The van der Waals surface area contributed by atoms with E-state index in [-0.39, 0.29) is 12.2 Å². The van der Waals surface area contributed by atoms with Crippen LogP contribution in [0.5, 0.6) is 0 Å². The number of likely N-dealkylation sites (N-methyl/N-ethyl adjacent to an activating group) is 1. The van der Waals surface area contributed by atoms with Gasteiger partial charge in [0.2, 0.25) is 12.3 Å². The van der Waals surface area contributed by atoms with Gasteiger partial charge in [0, 0.05) is 38.8 Å². The second kappa shape index (κ2) is 11.1. The lowest BCUT2D eigenvalue weighted by Crippen LogP contribution is -2.44. The van der Waals surface area contributed by atoms with Gasteiger partial charge in [-0.1, -0.05) is 54.6 Å². The summed E-state index contributed by atoms with van der Waals surface area (Å²) in [6.07, 6.45) is 0.674. The summed E-state index contributed by atoms with van der Waals surface area (Å²) in [7, 11) is 2.17. The molecule has 2 unspecified atom stereocenters. The molecular weight excluding hydrogens is 426 g/mol. The summed E-state index contributed by atoms with van der Waals surface area (Å²) in [5, 5.41) is 5.17. The van der Waals surface area contributed by atoms with E-state index in [1.807, 2.05) is 38.1 Å². The van der Waals surface area contributed by atoms with Crippen LogP contribution in [0.1, 0.15) is 37.2 Å². The van der Waals surface area contributed by atoms with E-state index < -0.39 is 0 Å². The van der Waals surface area contributed by atoms with Gasteiger partial charge >= 0.3 is 0 Å². The van der Waals surface area contributed by atoms with Gasteiger partial charge in [-0.3, -0.25) is 4.79 Å². The molecule has 5 rings (SSSR count). The zero-order chi connectivity index (χ0) is 23.9. The fraction of sp³-hybridized carbons (Fsp3) is 0.333. The zero-order valence-corrected chi connectivity index (χ0v) is 20.1. The van der Waals surface area contributed by atoms with Crippen molar-refractivity contribution in [2.75, 3.05) is 38.1 Å². The average molecular weight is 460 g/mol. The van der Waals surface area contributed by atoms with Crippen molar-refractivity contribution in [2.24, 2.45) is 4.99 Å². The lowest BCUT2D eigenvalue weighted by atomic mass is 10.00. The average Bonchev–Trinajstić information content (AvgIpc) is 3.31. The number of aliphatic imine (C=N–C) groups is 1. The number of nitrogens with zero attached hydrogens (tertiary/aromatic N) is 3. The minimum atomic E-state index is -0.0680. The van der Waals surface area contributed by atoms with Gasteiger partial charge in [0.15, 0.2) is 6.17 Å². The maximum Gasteiger partial charge on any atom is 0.208 e. The summed E-state index contributed by atoms with van der Waals surface area (Å²) < 4.78 is 0. The number of benzene rings is 3. The van der Waals surface area contributed by atoms with Gasteiger partial charge in [0.1, 0.15) is 0 Å². The van der Waals surface area contributed by atoms with Crippen LogP contribution in [0.25, 0.3) is 10.8 Å². The molecular formula is C27H33N5O2. The molecule has 2 aliphatic rings. The van der Waals surface area contributed by atoms with Crippen LogP contribution >= 0.6 is 0 Å². The molecule has 2 aliphatic heterocycles. The van der Waals surface area contributed by atoms with Crippen molar-refractivity contribution in [3.05, 3.63) is 77.9 Å². The second-order valence-electron chi connectivity index (χ2n) is 8.73. The first-order chi connectivity index (χ1) is 16.5. The lowest BCUT2D eigenvalue weighted by molar-refractivity contribution is -0.110. The Kier molecular flexibility index (Phi) is 7.77. The van der Waals surface area contributed by atoms with Gasteiger partial charge in [0.25, 0.3) is 0 Å². The van der Waals surface area contributed by atoms with Crippen molar-refractivity contribution in [1.29, 1.82) is 0 Å². The number of hydrogen-bond acceptors (Lipinski definition) is 6. The summed E-state index contributed by atoms with van der Waals surface area (Å²) in [6.45, 7) is 8.28.